The molecule has 0 bridgehead atoms. The highest BCUT2D eigenvalue weighted by molar-refractivity contribution is 5.43. The van der Waals surface area contributed by atoms with Gasteiger partial charge in [0.05, 0.1) is 20.3 Å². The highest BCUT2D eigenvalue weighted by Crippen LogP contribution is 2.28. The lowest BCUT2D eigenvalue weighted by Gasteiger charge is -2.30. The minimum Gasteiger partial charge on any atom is -0.496 e. The van der Waals surface area contributed by atoms with E-state index in [4.69, 9.17) is 14.2 Å². The molecule has 176 valence electrons. The van der Waals surface area contributed by atoms with E-state index in [1.54, 1.807) is 14.2 Å². The molecule has 32 heavy (non-hydrogen) atoms. The summed E-state index contributed by atoms with van der Waals surface area (Å²) in [5.41, 5.74) is 2.28. The van der Waals surface area contributed by atoms with Crippen LogP contribution in [0, 0.1) is 0 Å². The maximum atomic E-state index is 10.3. The summed E-state index contributed by atoms with van der Waals surface area (Å²) in [6.07, 6.45) is 1.60. The molecule has 7 nitrogen and oxygen atoms in total. The average Bonchev–Trinajstić information content (AvgIpc) is 2.82. The van der Waals surface area contributed by atoms with Gasteiger partial charge in [0.2, 0.25) is 0 Å². The Morgan fingerprint density at radius 3 is 2.53 bits per heavy atom. The lowest BCUT2D eigenvalue weighted by molar-refractivity contribution is 0.0333. The third-order valence-electron chi connectivity index (χ3n) is 5.78. The molecule has 1 saturated heterocycles. The molecule has 0 radical (unpaired) electrons. The van der Waals surface area contributed by atoms with Crippen molar-refractivity contribution >= 4 is 0 Å². The van der Waals surface area contributed by atoms with Crippen LogP contribution in [0.3, 0.4) is 0 Å². The molecule has 2 aromatic carbocycles. The molecule has 0 aliphatic carbocycles. The Balaban J connectivity index is 1.43. The van der Waals surface area contributed by atoms with Gasteiger partial charge in [-0.3, -0.25) is 0 Å². The zero-order valence-corrected chi connectivity index (χ0v) is 19.1. The van der Waals surface area contributed by atoms with Gasteiger partial charge in [0.1, 0.15) is 18.5 Å². The van der Waals surface area contributed by atoms with Crippen LogP contribution in [0.2, 0.25) is 0 Å². The number of methoxy groups -OCH3 is 2. The number of hydrogen-bond acceptors (Lipinski definition) is 7. The standard InChI is InChI=1S/C25H36N2O5/c1-30-23-6-4-3-5-20(23)9-12-26-16-19-7-8-24(25(15-19)31-2)32-18-22(29)17-27-13-10-21(28)11-14-27/h3-8,15,21-22,26,28-29H,9-14,16-18H2,1-2H3. The number of para-hydroxylation sites is 1. The van der Waals surface area contributed by atoms with Gasteiger partial charge < -0.3 is 34.6 Å². The van der Waals surface area contributed by atoms with Crippen molar-refractivity contribution in [1.29, 1.82) is 0 Å². The minimum atomic E-state index is -0.591. The summed E-state index contributed by atoms with van der Waals surface area (Å²) in [5, 5.41) is 23.4. The van der Waals surface area contributed by atoms with Gasteiger partial charge in [0, 0.05) is 26.2 Å². The number of aliphatic hydroxyl groups is 2. The fourth-order valence-corrected chi connectivity index (χ4v) is 3.95. The summed E-state index contributed by atoms with van der Waals surface area (Å²) >= 11 is 0. The number of β-amino-alcohol motifs (C(OH)–C–C–N with tert-alkyl or cyclic N) is 1. The van der Waals surface area contributed by atoms with E-state index in [2.05, 4.69) is 16.3 Å². The summed E-state index contributed by atoms with van der Waals surface area (Å²) in [7, 11) is 3.32. The maximum Gasteiger partial charge on any atom is 0.161 e. The van der Waals surface area contributed by atoms with Crippen LogP contribution in [-0.4, -0.2) is 74.3 Å². The van der Waals surface area contributed by atoms with Gasteiger partial charge in [-0.1, -0.05) is 24.3 Å². The first-order chi connectivity index (χ1) is 15.6. The smallest absolute Gasteiger partial charge is 0.161 e. The normalized spacial score (nSPS) is 16.0. The third kappa shape index (κ3) is 7.38. The molecule has 1 aliphatic rings. The first kappa shape index (κ1) is 24.3. The second kappa shape index (κ2) is 12.6. The topological polar surface area (TPSA) is 83.4 Å². The van der Waals surface area contributed by atoms with Crippen molar-refractivity contribution in [2.45, 2.75) is 38.0 Å². The first-order valence-corrected chi connectivity index (χ1v) is 11.3. The largest absolute Gasteiger partial charge is 0.496 e. The average molecular weight is 445 g/mol. The molecule has 0 saturated carbocycles. The van der Waals surface area contributed by atoms with Crippen LogP contribution in [0.15, 0.2) is 42.5 Å². The second-order valence-electron chi connectivity index (χ2n) is 8.22. The van der Waals surface area contributed by atoms with Gasteiger partial charge in [0.15, 0.2) is 11.5 Å². The number of hydrogen-bond donors (Lipinski definition) is 3. The SMILES string of the molecule is COc1ccccc1CCNCc1ccc(OCC(O)CN2CCC(O)CC2)c(OC)c1. The lowest BCUT2D eigenvalue weighted by Crippen LogP contribution is -2.41. The Morgan fingerprint density at radius 2 is 1.78 bits per heavy atom. The minimum absolute atomic E-state index is 0.200. The molecule has 2 aromatic rings. The van der Waals surface area contributed by atoms with Crippen molar-refractivity contribution in [1.82, 2.24) is 10.2 Å². The molecule has 1 atom stereocenters. The molecule has 1 aliphatic heterocycles. The third-order valence-corrected chi connectivity index (χ3v) is 5.78. The van der Waals surface area contributed by atoms with E-state index in [0.717, 1.165) is 56.8 Å². The van der Waals surface area contributed by atoms with Gasteiger partial charge in [0.25, 0.3) is 0 Å². The number of nitrogens with zero attached hydrogens (tertiary/aromatic N) is 1. The summed E-state index contributed by atoms with van der Waals surface area (Å²) < 4.78 is 16.7. The highest BCUT2D eigenvalue weighted by Gasteiger charge is 2.20. The highest BCUT2D eigenvalue weighted by atomic mass is 16.5. The number of rotatable bonds is 12. The van der Waals surface area contributed by atoms with Crippen LogP contribution >= 0.6 is 0 Å². The van der Waals surface area contributed by atoms with Crippen LogP contribution in [0.25, 0.3) is 0 Å². The molecular formula is C25H36N2O5. The molecule has 1 fully saturated rings. The molecule has 0 aromatic heterocycles. The number of aliphatic hydroxyl groups excluding tert-OH is 2. The first-order valence-electron chi connectivity index (χ1n) is 11.3. The van der Waals surface area contributed by atoms with Crippen LogP contribution in [0.4, 0.5) is 0 Å². The zero-order chi connectivity index (χ0) is 22.8. The predicted octanol–water partition coefficient (Wildman–Crippen LogP) is 2.23. The van der Waals surface area contributed by atoms with Crippen molar-refractivity contribution in [3.8, 4) is 17.2 Å². The number of likely N-dealkylation sites (tertiary alicyclic amines) is 1. The number of nitrogens with one attached hydrogen (secondary N) is 1. The monoisotopic (exact) mass is 444 g/mol. The van der Waals surface area contributed by atoms with Crippen molar-refractivity contribution < 1.29 is 24.4 Å². The number of benzene rings is 2. The van der Waals surface area contributed by atoms with Gasteiger partial charge >= 0.3 is 0 Å². The fraction of sp³-hybridized carbons (Fsp3) is 0.520. The fourth-order valence-electron chi connectivity index (χ4n) is 3.95. The van der Waals surface area contributed by atoms with E-state index in [1.165, 1.54) is 5.56 Å². The Hall–Kier alpha value is -2.32. The molecular weight excluding hydrogens is 408 g/mol. The zero-order valence-electron chi connectivity index (χ0n) is 19.1. The van der Waals surface area contributed by atoms with Gasteiger partial charge in [-0.05, 0) is 55.1 Å². The molecule has 1 heterocycles. The van der Waals surface area contributed by atoms with Gasteiger partial charge in [-0.25, -0.2) is 0 Å². The second-order valence-corrected chi connectivity index (χ2v) is 8.22. The van der Waals surface area contributed by atoms with E-state index in [-0.39, 0.29) is 12.7 Å². The molecule has 7 heteroatoms. The van der Waals surface area contributed by atoms with Crippen molar-refractivity contribution in [2.75, 3.05) is 47.0 Å². The number of piperidine rings is 1. The molecule has 0 spiro atoms. The summed E-state index contributed by atoms with van der Waals surface area (Å²) in [5.74, 6) is 2.19. The van der Waals surface area contributed by atoms with E-state index < -0.39 is 6.10 Å². The Morgan fingerprint density at radius 1 is 1.03 bits per heavy atom. The van der Waals surface area contributed by atoms with Crippen LogP contribution in [0.1, 0.15) is 24.0 Å². The lowest BCUT2D eigenvalue weighted by atomic mass is 10.1. The number of ether oxygens (including phenoxy) is 3. The molecule has 3 N–H and O–H groups in total. The maximum absolute atomic E-state index is 10.3. The van der Waals surface area contributed by atoms with Crippen molar-refractivity contribution in [3.63, 3.8) is 0 Å². The van der Waals surface area contributed by atoms with E-state index in [1.807, 2.05) is 36.4 Å². The summed E-state index contributed by atoms with van der Waals surface area (Å²) in [6, 6.07) is 13.9. The van der Waals surface area contributed by atoms with E-state index in [9.17, 15) is 10.2 Å². The van der Waals surface area contributed by atoms with Gasteiger partial charge in [-0.15, -0.1) is 0 Å². The van der Waals surface area contributed by atoms with E-state index >= 15 is 0 Å². The van der Waals surface area contributed by atoms with Crippen molar-refractivity contribution in [2.24, 2.45) is 0 Å². The van der Waals surface area contributed by atoms with Crippen LogP contribution < -0.4 is 19.5 Å². The van der Waals surface area contributed by atoms with Crippen LogP contribution in [-0.2, 0) is 13.0 Å². The van der Waals surface area contributed by atoms with E-state index in [0.29, 0.717) is 18.0 Å². The Kier molecular flexibility index (Phi) is 9.62. The quantitative estimate of drug-likeness (QED) is 0.433. The predicted molar refractivity (Wildman–Crippen MR) is 125 cm³/mol. The van der Waals surface area contributed by atoms with Crippen molar-refractivity contribution in [3.05, 3.63) is 53.6 Å². The summed E-state index contributed by atoms with van der Waals surface area (Å²) in [4.78, 5) is 2.16. The summed E-state index contributed by atoms with van der Waals surface area (Å²) in [6.45, 7) is 3.91. The Bertz CT molecular complexity index is 824. The Labute approximate surface area is 190 Å². The molecule has 1 unspecified atom stereocenters. The van der Waals surface area contributed by atoms with Crippen LogP contribution in [0.5, 0.6) is 17.2 Å². The van der Waals surface area contributed by atoms with Gasteiger partial charge in [-0.2, -0.15) is 0 Å². The molecule has 3 rings (SSSR count). The molecule has 0 amide bonds.